The predicted octanol–water partition coefficient (Wildman–Crippen LogP) is 15.8. The fourth-order valence-electron chi connectivity index (χ4n) is 11.1. The molecule has 0 heterocycles. The van der Waals surface area contributed by atoms with Crippen molar-refractivity contribution in [3.8, 4) is 33.4 Å². The lowest BCUT2D eigenvalue weighted by Crippen LogP contribution is -2.28. The summed E-state index contributed by atoms with van der Waals surface area (Å²) in [5, 5.41) is 5.06. The van der Waals surface area contributed by atoms with Crippen molar-refractivity contribution in [3.05, 3.63) is 258 Å². The maximum absolute atomic E-state index is 2.54. The zero-order chi connectivity index (χ0) is 40.7. The predicted molar refractivity (Wildman–Crippen MR) is 256 cm³/mol. The standard InChI is InChI=1S/C60H43N/c1-59(2)53-30-15-14-28-52(53)57-56(38-42-19-10-12-26-49(42)58(57)59)61(45-34-32-41(33-35-45)48-29-17-20-40-18-9-11-25-47(40)48)46-36-37-51-50-27-13-16-31-54(50)60(55(51)39-46,43-21-5-3-6-22-43)44-23-7-4-8-24-44/h3-39H,1-2H3. The zero-order valence-corrected chi connectivity index (χ0v) is 34.3. The SMILES string of the molecule is CC1(C)c2ccccc2-c2c(N(c3ccc(-c4cccc5ccccc45)cc3)c3ccc4c(c3)C(c3ccccc3)(c3ccccc3)c3ccccc3-4)cc3ccccc3c21. The maximum Gasteiger partial charge on any atom is 0.0714 e. The Hall–Kier alpha value is -7.48. The van der Waals surface area contributed by atoms with E-state index in [1.165, 1.54) is 94.0 Å². The van der Waals surface area contributed by atoms with Gasteiger partial charge in [-0.2, -0.15) is 0 Å². The number of hydrogen-bond donors (Lipinski definition) is 0. The summed E-state index contributed by atoms with van der Waals surface area (Å²) in [6.07, 6.45) is 0. The van der Waals surface area contributed by atoms with Crippen LogP contribution in [-0.4, -0.2) is 0 Å². The van der Waals surface area contributed by atoms with Crippen molar-refractivity contribution in [3.63, 3.8) is 0 Å². The summed E-state index contributed by atoms with van der Waals surface area (Å²) in [4.78, 5) is 2.54. The minimum absolute atomic E-state index is 0.194. The number of rotatable bonds is 6. The first-order chi connectivity index (χ1) is 30.0. The van der Waals surface area contributed by atoms with E-state index < -0.39 is 5.41 Å². The van der Waals surface area contributed by atoms with Crippen molar-refractivity contribution >= 4 is 38.6 Å². The van der Waals surface area contributed by atoms with Crippen LogP contribution in [0.4, 0.5) is 17.1 Å². The maximum atomic E-state index is 2.54. The van der Waals surface area contributed by atoms with Crippen molar-refractivity contribution in [2.45, 2.75) is 24.7 Å². The van der Waals surface area contributed by atoms with Gasteiger partial charge in [0.1, 0.15) is 0 Å². The van der Waals surface area contributed by atoms with Crippen LogP contribution in [0.15, 0.2) is 224 Å². The molecule has 0 unspecified atom stereocenters. The van der Waals surface area contributed by atoms with E-state index in [1.807, 2.05) is 0 Å². The largest absolute Gasteiger partial charge is 0.310 e. The first-order valence-corrected chi connectivity index (χ1v) is 21.4. The van der Waals surface area contributed by atoms with Gasteiger partial charge in [-0.1, -0.05) is 208 Å². The fourth-order valence-corrected chi connectivity index (χ4v) is 11.1. The lowest BCUT2D eigenvalue weighted by atomic mass is 9.67. The summed E-state index contributed by atoms with van der Waals surface area (Å²) in [6, 6.07) is 83.6. The molecule has 0 saturated heterocycles. The Balaban J connectivity index is 1.16. The van der Waals surface area contributed by atoms with E-state index in [4.69, 9.17) is 0 Å². The third-order valence-corrected chi connectivity index (χ3v) is 13.7. The molecule has 1 nitrogen and oxygen atoms in total. The van der Waals surface area contributed by atoms with E-state index in [9.17, 15) is 0 Å². The van der Waals surface area contributed by atoms with Gasteiger partial charge in [-0.15, -0.1) is 0 Å². The Morgan fingerprint density at radius 2 is 0.902 bits per heavy atom. The van der Waals surface area contributed by atoms with Crippen LogP contribution >= 0.6 is 0 Å². The summed E-state index contributed by atoms with van der Waals surface area (Å²) < 4.78 is 0. The molecule has 0 atom stereocenters. The topological polar surface area (TPSA) is 3.24 Å². The lowest BCUT2D eigenvalue weighted by molar-refractivity contribution is 0.666. The van der Waals surface area contributed by atoms with Gasteiger partial charge in [-0.05, 0) is 113 Å². The van der Waals surface area contributed by atoms with Crippen LogP contribution in [0.5, 0.6) is 0 Å². The van der Waals surface area contributed by atoms with Gasteiger partial charge < -0.3 is 4.90 Å². The molecule has 288 valence electrons. The highest BCUT2D eigenvalue weighted by Crippen LogP contribution is 2.60. The number of nitrogens with zero attached hydrogens (tertiary/aromatic N) is 1. The minimum Gasteiger partial charge on any atom is -0.310 e. The molecule has 0 amide bonds. The highest BCUT2D eigenvalue weighted by Gasteiger charge is 2.46. The second-order valence-corrected chi connectivity index (χ2v) is 17.2. The van der Waals surface area contributed by atoms with Crippen molar-refractivity contribution < 1.29 is 0 Å². The van der Waals surface area contributed by atoms with Crippen molar-refractivity contribution in [2.24, 2.45) is 0 Å². The molecule has 10 aromatic carbocycles. The van der Waals surface area contributed by atoms with E-state index in [0.29, 0.717) is 0 Å². The first kappa shape index (κ1) is 35.5. The van der Waals surface area contributed by atoms with E-state index in [1.54, 1.807) is 0 Å². The second-order valence-electron chi connectivity index (χ2n) is 17.2. The third kappa shape index (κ3) is 5.14. The Morgan fingerprint density at radius 1 is 0.361 bits per heavy atom. The van der Waals surface area contributed by atoms with Gasteiger partial charge in [-0.25, -0.2) is 0 Å². The van der Waals surface area contributed by atoms with E-state index >= 15 is 0 Å². The van der Waals surface area contributed by atoms with Gasteiger partial charge >= 0.3 is 0 Å². The quantitative estimate of drug-likeness (QED) is 0.163. The van der Waals surface area contributed by atoms with Gasteiger partial charge in [-0.3, -0.25) is 0 Å². The van der Waals surface area contributed by atoms with E-state index in [2.05, 4.69) is 243 Å². The van der Waals surface area contributed by atoms with Gasteiger partial charge in [0.2, 0.25) is 0 Å². The molecule has 2 aliphatic rings. The number of anilines is 3. The first-order valence-electron chi connectivity index (χ1n) is 21.4. The molecule has 0 aliphatic heterocycles. The Bertz CT molecular complexity index is 3280. The molecule has 0 fully saturated rings. The summed E-state index contributed by atoms with van der Waals surface area (Å²) in [6.45, 7) is 4.80. The van der Waals surface area contributed by atoms with Gasteiger partial charge in [0.15, 0.2) is 0 Å². The zero-order valence-electron chi connectivity index (χ0n) is 34.3. The summed E-state index contributed by atoms with van der Waals surface area (Å²) >= 11 is 0. The molecule has 0 radical (unpaired) electrons. The molecular weight excluding hydrogens is 735 g/mol. The molecule has 2 aliphatic carbocycles. The average molecular weight is 778 g/mol. The molecule has 1 heteroatoms. The van der Waals surface area contributed by atoms with Crippen molar-refractivity contribution in [1.29, 1.82) is 0 Å². The summed E-state index contributed by atoms with van der Waals surface area (Å²) in [5.74, 6) is 0. The van der Waals surface area contributed by atoms with Gasteiger partial charge in [0.05, 0.1) is 11.1 Å². The Morgan fingerprint density at radius 3 is 1.64 bits per heavy atom. The molecular formula is C60H43N. The third-order valence-electron chi connectivity index (χ3n) is 13.7. The van der Waals surface area contributed by atoms with E-state index in [0.717, 1.165) is 11.4 Å². The van der Waals surface area contributed by atoms with Gasteiger partial charge in [0.25, 0.3) is 0 Å². The number of hydrogen-bond acceptors (Lipinski definition) is 1. The molecule has 0 saturated carbocycles. The van der Waals surface area contributed by atoms with Crippen molar-refractivity contribution in [1.82, 2.24) is 0 Å². The fraction of sp³-hybridized carbons (Fsp3) is 0.0667. The Labute approximate surface area is 357 Å². The monoisotopic (exact) mass is 777 g/mol. The molecule has 0 bridgehead atoms. The average Bonchev–Trinajstić information content (AvgIpc) is 3.75. The summed E-state index contributed by atoms with van der Waals surface area (Å²) in [5.41, 5.74) is 18.2. The van der Waals surface area contributed by atoms with Crippen LogP contribution in [0.25, 0.3) is 54.9 Å². The normalized spacial score (nSPS) is 14.0. The molecule has 61 heavy (non-hydrogen) atoms. The molecule has 0 N–H and O–H groups in total. The van der Waals surface area contributed by atoms with Crippen LogP contribution < -0.4 is 4.90 Å². The van der Waals surface area contributed by atoms with Crippen LogP contribution in [0.1, 0.15) is 47.2 Å². The molecule has 0 spiro atoms. The van der Waals surface area contributed by atoms with Crippen LogP contribution in [0, 0.1) is 0 Å². The molecule has 0 aromatic heterocycles. The van der Waals surface area contributed by atoms with Crippen LogP contribution in [0.2, 0.25) is 0 Å². The van der Waals surface area contributed by atoms with E-state index in [-0.39, 0.29) is 5.41 Å². The van der Waals surface area contributed by atoms with Crippen LogP contribution in [-0.2, 0) is 10.8 Å². The molecule has 10 aromatic rings. The highest BCUT2D eigenvalue weighted by molar-refractivity contribution is 6.06. The number of benzene rings is 10. The summed E-state index contributed by atoms with van der Waals surface area (Å²) in [7, 11) is 0. The van der Waals surface area contributed by atoms with Gasteiger partial charge in [0, 0.05) is 22.4 Å². The lowest BCUT2D eigenvalue weighted by Gasteiger charge is -2.35. The second kappa shape index (κ2) is 13.5. The number of fused-ring (bicyclic) bond motifs is 9. The van der Waals surface area contributed by atoms with Crippen molar-refractivity contribution in [2.75, 3.05) is 4.90 Å². The molecule has 12 rings (SSSR count). The minimum atomic E-state index is -0.520. The smallest absolute Gasteiger partial charge is 0.0714 e. The van der Waals surface area contributed by atoms with Crippen LogP contribution in [0.3, 0.4) is 0 Å². The Kier molecular flexibility index (Phi) is 7.86. The highest BCUT2D eigenvalue weighted by atomic mass is 15.1.